The van der Waals surface area contributed by atoms with E-state index in [4.69, 9.17) is 16.0 Å². The molecule has 0 unspecified atom stereocenters. The molecule has 130 valence electrons. The Morgan fingerprint density at radius 3 is 2.80 bits per heavy atom. The Bertz CT molecular complexity index is 808. The van der Waals surface area contributed by atoms with Gasteiger partial charge in [-0.15, -0.1) is 0 Å². The number of rotatable bonds is 6. The van der Waals surface area contributed by atoms with Crippen LogP contribution < -0.4 is 10.6 Å². The second-order valence-electron chi connectivity index (χ2n) is 5.40. The highest BCUT2D eigenvalue weighted by molar-refractivity contribution is 6.30. The van der Waals surface area contributed by atoms with E-state index in [0.29, 0.717) is 18.1 Å². The maximum Gasteiger partial charge on any atom is 0.191 e. The van der Waals surface area contributed by atoms with E-state index in [1.165, 1.54) is 0 Å². The van der Waals surface area contributed by atoms with Crippen LogP contribution in [0.25, 0.3) is 5.69 Å². The molecule has 0 aliphatic heterocycles. The molecule has 25 heavy (non-hydrogen) atoms. The van der Waals surface area contributed by atoms with Crippen molar-refractivity contribution in [2.45, 2.75) is 20.0 Å². The van der Waals surface area contributed by atoms with Crippen LogP contribution in [0.4, 0.5) is 0 Å². The normalized spacial score (nSPS) is 11.5. The van der Waals surface area contributed by atoms with Gasteiger partial charge < -0.3 is 15.1 Å². The van der Waals surface area contributed by atoms with Gasteiger partial charge in [0.1, 0.15) is 5.76 Å². The highest BCUT2D eigenvalue weighted by atomic mass is 35.5. The van der Waals surface area contributed by atoms with Crippen LogP contribution in [0.2, 0.25) is 5.02 Å². The van der Waals surface area contributed by atoms with E-state index < -0.39 is 0 Å². The van der Waals surface area contributed by atoms with Crippen LogP contribution >= 0.6 is 11.6 Å². The summed E-state index contributed by atoms with van der Waals surface area (Å²) in [5, 5.41) is 11.5. The zero-order chi connectivity index (χ0) is 17.5. The van der Waals surface area contributed by atoms with E-state index in [1.807, 2.05) is 60.4 Å². The number of benzene rings is 1. The van der Waals surface area contributed by atoms with Crippen LogP contribution in [-0.2, 0) is 13.1 Å². The molecule has 0 saturated carbocycles. The van der Waals surface area contributed by atoms with Gasteiger partial charge in [0.2, 0.25) is 0 Å². The predicted octanol–water partition coefficient (Wildman–Crippen LogP) is 3.37. The number of aromatic nitrogens is 2. The molecule has 2 aromatic heterocycles. The maximum absolute atomic E-state index is 5.92. The first-order valence-electron chi connectivity index (χ1n) is 8.08. The van der Waals surface area contributed by atoms with Gasteiger partial charge in [0.15, 0.2) is 5.96 Å². The molecule has 2 N–H and O–H groups in total. The molecule has 2 heterocycles. The van der Waals surface area contributed by atoms with Gasteiger partial charge in [0, 0.05) is 23.3 Å². The number of furan rings is 1. The van der Waals surface area contributed by atoms with Crippen molar-refractivity contribution in [3.8, 4) is 5.69 Å². The highest BCUT2D eigenvalue weighted by Gasteiger charge is 2.03. The van der Waals surface area contributed by atoms with Gasteiger partial charge in [-0.3, -0.25) is 0 Å². The minimum Gasteiger partial charge on any atom is -0.467 e. The van der Waals surface area contributed by atoms with E-state index in [9.17, 15) is 0 Å². The lowest BCUT2D eigenvalue weighted by Crippen LogP contribution is -2.36. The average Bonchev–Trinajstić information content (AvgIpc) is 3.30. The summed E-state index contributed by atoms with van der Waals surface area (Å²) >= 11 is 5.92. The minimum atomic E-state index is 0.529. The number of hydrogen-bond donors (Lipinski definition) is 2. The van der Waals surface area contributed by atoms with Crippen molar-refractivity contribution in [2.24, 2.45) is 4.99 Å². The molecule has 1 aromatic carbocycles. The molecule has 0 spiro atoms. The van der Waals surface area contributed by atoms with Crippen molar-refractivity contribution in [2.75, 3.05) is 6.54 Å². The zero-order valence-electron chi connectivity index (χ0n) is 13.9. The third-order valence-electron chi connectivity index (χ3n) is 3.50. The van der Waals surface area contributed by atoms with E-state index in [1.54, 1.807) is 6.26 Å². The number of guanidine groups is 1. The monoisotopic (exact) mass is 357 g/mol. The summed E-state index contributed by atoms with van der Waals surface area (Å²) < 4.78 is 7.13. The largest absolute Gasteiger partial charge is 0.467 e. The van der Waals surface area contributed by atoms with Crippen LogP contribution in [-0.4, -0.2) is 22.3 Å². The van der Waals surface area contributed by atoms with Crippen molar-refractivity contribution < 1.29 is 4.42 Å². The summed E-state index contributed by atoms with van der Waals surface area (Å²) in [7, 11) is 0. The summed E-state index contributed by atoms with van der Waals surface area (Å²) in [5.74, 6) is 1.60. The average molecular weight is 358 g/mol. The molecule has 0 radical (unpaired) electrons. The van der Waals surface area contributed by atoms with E-state index >= 15 is 0 Å². The Morgan fingerprint density at radius 1 is 1.24 bits per heavy atom. The van der Waals surface area contributed by atoms with Gasteiger partial charge in [-0.1, -0.05) is 11.6 Å². The molecule has 0 atom stereocenters. The molecule has 0 fully saturated rings. The molecule has 3 rings (SSSR count). The van der Waals surface area contributed by atoms with Gasteiger partial charge >= 0.3 is 0 Å². The topological polar surface area (TPSA) is 67.4 Å². The number of nitrogens with zero attached hydrogens (tertiary/aromatic N) is 3. The Hall–Kier alpha value is -2.73. The SMILES string of the molecule is CCNC(=NCc1cnn(-c2ccc(Cl)cc2)c1)NCc1ccco1. The highest BCUT2D eigenvalue weighted by Crippen LogP contribution is 2.13. The third-order valence-corrected chi connectivity index (χ3v) is 3.75. The van der Waals surface area contributed by atoms with Crippen LogP contribution in [0.1, 0.15) is 18.2 Å². The Morgan fingerprint density at radius 2 is 2.08 bits per heavy atom. The van der Waals surface area contributed by atoms with Gasteiger partial charge in [-0.05, 0) is 43.3 Å². The summed E-state index contributed by atoms with van der Waals surface area (Å²) in [5.41, 5.74) is 1.98. The molecule has 3 aromatic rings. The molecule has 0 bridgehead atoms. The van der Waals surface area contributed by atoms with Crippen molar-refractivity contribution in [3.05, 3.63) is 71.4 Å². The lowest BCUT2D eigenvalue weighted by atomic mass is 10.3. The third kappa shape index (κ3) is 4.87. The lowest BCUT2D eigenvalue weighted by molar-refractivity contribution is 0.501. The molecule has 0 amide bonds. The van der Waals surface area contributed by atoms with Crippen molar-refractivity contribution >= 4 is 17.6 Å². The Balaban J connectivity index is 1.63. The number of aliphatic imine (C=N–C) groups is 1. The molecule has 7 heteroatoms. The fourth-order valence-electron chi connectivity index (χ4n) is 2.27. The molecule has 6 nitrogen and oxygen atoms in total. The van der Waals surface area contributed by atoms with Crippen LogP contribution in [0.15, 0.2) is 64.5 Å². The molecule has 0 aliphatic carbocycles. The first-order chi connectivity index (χ1) is 12.2. The van der Waals surface area contributed by atoms with Crippen molar-refractivity contribution in [1.29, 1.82) is 0 Å². The quantitative estimate of drug-likeness (QED) is 0.524. The van der Waals surface area contributed by atoms with Gasteiger partial charge in [-0.2, -0.15) is 5.10 Å². The second kappa shape index (κ2) is 8.39. The summed E-state index contributed by atoms with van der Waals surface area (Å²) in [6.07, 6.45) is 5.43. The molecular weight excluding hydrogens is 338 g/mol. The van der Waals surface area contributed by atoms with Crippen LogP contribution in [0, 0.1) is 0 Å². The molecule has 0 saturated heterocycles. The summed E-state index contributed by atoms with van der Waals surface area (Å²) in [4.78, 5) is 4.58. The van der Waals surface area contributed by atoms with Crippen molar-refractivity contribution in [1.82, 2.24) is 20.4 Å². The standard InChI is InChI=1S/C18H20ClN5O/c1-2-20-18(22-12-17-4-3-9-25-17)21-10-14-11-23-24(13-14)16-7-5-15(19)6-8-16/h3-9,11,13H,2,10,12H2,1H3,(H2,20,21,22). The fraction of sp³-hybridized carbons (Fsp3) is 0.222. The van der Waals surface area contributed by atoms with E-state index in [0.717, 1.165) is 29.5 Å². The first-order valence-corrected chi connectivity index (χ1v) is 8.46. The first kappa shape index (κ1) is 17.1. The smallest absolute Gasteiger partial charge is 0.191 e. The Kier molecular flexibility index (Phi) is 5.74. The van der Waals surface area contributed by atoms with Crippen molar-refractivity contribution in [3.63, 3.8) is 0 Å². The Labute approximate surface area is 151 Å². The number of nitrogens with one attached hydrogen (secondary N) is 2. The van der Waals surface area contributed by atoms with Gasteiger partial charge in [0.25, 0.3) is 0 Å². The van der Waals surface area contributed by atoms with E-state index in [-0.39, 0.29) is 0 Å². The number of hydrogen-bond acceptors (Lipinski definition) is 3. The summed E-state index contributed by atoms with van der Waals surface area (Å²) in [6, 6.07) is 11.3. The summed E-state index contributed by atoms with van der Waals surface area (Å²) in [6.45, 7) is 3.93. The zero-order valence-corrected chi connectivity index (χ0v) is 14.7. The van der Waals surface area contributed by atoms with Gasteiger partial charge in [-0.25, -0.2) is 9.67 Å². The fourth-order valence-corrected chi connectivity index (χ4v) is 2.40. The van der Waals surface area contributed by atoms with Crippen LogP contribution in [0.3, 0.4) is 0 Å². The second-order valence-corrected chi connectivity index (χ2v) is 5.83. The van der Waals surface area contributed by atoms with Crippen LogP contribution in [0.5, 0.6) is 0 Å². The molecule has 0 aliphatic rings. The van der Waals surface area contributed by atoms with Gasteiger partial charge in [0.05, 0.1) is 31.2 Å². The molecular formula is C18H20ClN5O. The lowest BCUT2D eigenvalue weighted by Gasteiger charge is -2.09. The maximum atomic E-state index is 5.92. The predicted molar refractivity (Wildman–Crippen MR) is 98.9 cm³/mol. The number of halogens is 1. The van der Waals surface area contributed by atoms with E-state index in [2.05, 4.69) is 20.7 Å². The minimum absolute atomic E-state index is 0.529.